The molecule has 106 valence electrons. The highest BCUT2D eigenvalue weighted by molar-refractivity contribution is 5.36. The number of halogens is 3. The van der Waals surface area contributed by atoms with Crippen molar-refractivity contribution < 1.29 is 17.9 Å². The van der Waals surface area contributed by atoms with Crippen molar-refractivity contribution in [2.45, 2.75) is 13.0 Å². The summed E-state index contributed by atoms with van der Waals surface area (Å²) < 4.78 is 45.5. The second-order valence-electron chi connectivity index (χ2n) is 4.35. The standard InChI is InChI=1S/C15H14F3NO/c1-9(19-2)10-6-7-13(12(17)8-10)20-14-5-3-4-11(16)15(14)18/h3-9,19H,1-2H3. The van der Waals surface area contributed by atoms with Crippen molar-refractivity contribution in [3.63, 3.8) is 0 Å². The third-order valence-corrected chi connectivity index (χ3v) is 3.03. The van der Waals surface area contributed by atoms with Crippen molar-refractivity contribution in [1.82, 2.24) is 5.32 Å². The molecule has 2 aromatic carbocycles. The van der Waals surface area contributed by atoms with E-state index in [4.69, 9.17) is 4.74 Å². The minimum atomic E-state index is -1.14. The van der Waals surface area contributed by atoms with Gasteiger partial charge in [-0.2, -0.15) is 4.39 Å². The van der Waals surface area contributed by atoms with Crippen LogP contribution in [0, 0.1) is 17.5 Å². The van der Waals surface area contributed by atoms with E-state index in [0.29, 0.717) is 0 Å². The van der Waals surface area contributed by atoms with Crippen LogP contribution in [-0.4, -0.2) is 7.05 Å². The maximum atomic E-state index is 13.9. The zero-order chi connectivity index (χ0) is 14.7. The molecule has 0 heterocycles. The number of nitrogens with one attached hydrogen (secondary N) is 1. The van der Waals surface area contributed by atoms with Crippen LogP contribution in [0.3, 0.4) is 0 Å². The molecular formula is C15H14F3NO. The predicted molar refractivity (Wildman–Crippen MR) is 70.3 cm³/mol. The first-order valence-electron chi connectivity index (χ1n) is 6.11. The van der Waals surface area contributed by atoms with Crippen molar-refractivity contribution >= 4 is 0 Å². The molecule has 0 fully saturated rings. The molecule has 2 aromatic rings. The average molecular weight is 281 g/mol. The lowest BCUT2D eigenvalue weighted by atomic mass is 10.1. The van der Waals surface area contributed by atoms with Gasteiger partial charge in [0, 0.05) is 6.04 Å². The van der Waals surface area contributed by atoms with E-state index < -0.39 is 17.5 Å². The molecule has 0 saturated carbocycles. The molecule has 0 radical (unpaired) electrons. The Balaban J connectivity index is 2.28. The molecule has 2 nitrogen and oxygen atoms in total. The third kappa shape index (κ3) is 2.93. The summed E-state index contributed by atoms with van der Waals surface area (Å²) in [6.07, 6.45) is 0. The number of hydrogen-bond donors (Lipinski definition) is 1. The monoisotopic (exact) mass is 281 g/mol. The molecule has 0 aliphatic rings. The molecule has 0 saturated heterocycles. The molecule has 0 amide bonds. The van der Waals surface area contributed by atoms with Crippen LogP contribution >= 0.6 is 0 Å². The van der Waals surface area contributed by atoms with Crippen LogP contribution in [0.15, 0.2) is 36.4 Å². The predicted octanol–water partition coefficient (Wildman–Crippen LogP) is 4.18. The van der Waals surface area contributed by atoms with Gasteiger partial charge in [-0.15, -0.1) is 0 Å². The number of rotatable bonds is 4. The largest absolute Gasteiger partial charge is 0.451 e. The van der Waals surface area contributed by atoms with Crippen LogP contribution in [0.25, 0.3) is 0 Å². The summed E-state index contributed by atoms with van der Waals surface area (Å²) in [6, 6.07) is 7.83. The summed E-state index contributed by atoms with van der Waals surface area (Å²) in [6.45, 7) is 1.88. The topological polar surface area (TPSA) is 21.3 Å². The van der Waals surface area contributed by atoms with Crippen molar-refractivity contribution in [2.75, 3.05) is 7.05 Å². The summed E-state index contributed by atoms with van der Waals surface area (Å²) in [5.74, 6) is -3.31. The Labute approximate surface area is 115 Å². The second-order valence-corrected chi connectivity index (χ2v) is 4.35. The van der Waals surface area contributed by atoms with Gasteiger partial charge >= 0.3 is 0 Å². The highest BCUT2D eigenvalue weighted by Gasteiger charge is 2.13. The maximum absolute atomic E-state index is 13.9. The molecule has 1 unspecified atom stereocenters. The zero-order valence-electron chi connectivity index (χ0n) is 11.1. The summed E-state index contributed by atoms with van der Waals surface area (Å²) >= 11 is 0. The van der Waals surface area contributed by atoms with Gasteiger partial charge in [0.15, 0.2) is 23.1 Å². The first kappa shape index (κ1) is 14.4. The van der Waals surface area contributed by atoms with Crippen molar-refractivity contribution in [2.24, 2.45) is 0 Å². The normalized spacial score (nSPS) is 12.2. The van der Waals surface area contributed by atoms with E-state index in [9.17, 15) is 13.2 Å². The Kier molecular flexibility index (Phi) is 4.29. The van der Waals surface area contributed by atoms with Gasteiger partial charge in [-0.3, -0.25) is 0 Å². The van der Waals surface area contributed by atoms with E-state index in [1.54, 1.807) is 13.1 Å². The second kappa shape index (κ2) is 5.96. The van der Waals surface area contributed by atoms with Gasteiger partial charge in [0.2, 0.25) is 5.82 Å². The molecule has 0 spiro atoms. The van der Waals surface area contributed by atoms with Gasteiger partial charge in [-0.05, 0) is 43.8 Å². The fourth-order valence-corrected chi connectivity index (χ4v) is 1.72. The SMILES string of the molecule is CNC(C)c1ccc(Oc2cccc(F)c2F)c(F)c1. The molecule has 0 aliphatic heterocycles. The fourth-order valence-electron chi connectivity index (χ4n) is 1.72. The van der Waals surface area contributed by atoms with Crippen LogP contribution in [0.5, 0.6) is 11.5 Å². The van der Waals surface area contributed by atoms with E-state index >= 15 is 0 Å². The highest BCUT2D eigenvalue weighted by Crippen LogP contribution is 2.29. The summed E-state index contributed by atoms with van der Waals surface area (Å²) in [7, 11) is 1.76. The molecular weight excluding hydrogens is 267 g/mol. The number of ether oxygens (including phenoxy) is 1. The zero-order valence-corrected chi connectivity index (χ0v) is 11.1. The molecule has 0 bridgehead atoms. The van der Waals surface area contributed by atoms with Gasteiger partial charge in [0.05, 0.1) is 0 Å². The minimum Gasteiger partial charge on any atom is -0.451 e. The Hall–Kier alpha value is -2.01. The first-order chi connectivity index (χ1) is 9.52. The Morgan fingerprint density at radius 2 is 1.75 bits per heavy atom. The maximum Gasteiger partial charge on any atom is 0.201 e. The lowest BCUT2D eigenvalue weighted by Gasteiger charge is -2.13. The fraction of sp³-hybridized carbons (Fsp3) is 0.200. The molecule has 0 aromatic heterocycles. The van der Waals surface area contributed by atoms with Crippen LogP contribution in [0.4, 0.5) is 13.2 Å². The van der Waals surface area contributed by atoms with Crippen molar-refractivity contribution in [3.8, 4) is 11.5 Å². The molecule has 5 heteroatoms. The molecule has 0 aliphatic carbocycles. The summed E-state index contributed by atoms with van der Waals surface area (Å²) in [5, 5.41) is 2.98. The van der Waals surface area contributed by atoms with E-state index in [1.807, 2.05) is 6.92 Å². The average Bonchev–Trinajstić information content (AvgIpc) is 2.45. The first-order valence-corrected chi connectivity index (χ1v) is 6.11. The summed E-state index contributed by atoms with van der Waals surface area (Å²) in [4.78, 5) is 0. The lowest BCUT2D eigenvalue weighted by Crippen LogP contribution is -2.12. The number of benzene rings is 2. The Bertz CT molecular complexity index is 616. The highest BCUT2D eigenvalue weighted by atomic mass is 19.2. The van der Waals surface area contributed by atoms with Gasteiger partial charge in [0.25, 0.3) is 0 Å². The van der Waals surface area contributed by atoms with E-state index in [-0.39, 0.29) is 17.5 Å². The smallest absolute Gasteiger partial charge is 0.201 e. The van der Waals surface area contributed by atoms with E-state index in [2.05, 4.69) is 5.32 Å². The molecule has 1 atom stereocenters. The van der Waals surface area contributed by atoms with Crippen LogP contribution in [0.1, 0.15) is 18.5 Å². The number of hydrogen-bond acceptors (Lipinski definition) is 2. The third-order valence-electron chi connectivity index (χ3n) is 3.03. The Morgan fingerprint density at radius 1 is 1.00 bits per heavy atom. The molecule has 2 rings (SSSR count). The van der Waals surface area contributed by atoms with Crippen LogP contribution in [0.2, 0.25) is 0 Å². The summed E-state index contributed by atoms with van der Waals surface area (Å²) in [5.41, 5.74) is 0.733. The Morgan fingerprint density at radius 3 is 2.40 bits per heavy atom. The van der Waals surface area contributed by atoms with Gasteiger partial charge in [-0.1, -0.05) is 12.1 Å². The van der Waals surface area contributed by atoms with E-state index in [0.717, 1.165) is 11.6 Å². The van der Waals surface area contributed by atoms with Gasteiger partial charge < -0.3 is 10.1 Å². The van der Waals surface area contributed by atoms with Crippen molar-refractivity contribution in [3.05, 3.63) is 59.4 Å². The minimum absolute atomic E-state index is 0.0237. The molecule has 1 N–H and O–H groups in total. The van der Waals surface area contributed by atoms with E-state index in [1.165, 1.54) is 24.3 Å². The molecule has 20 heavy (non-hydrogen) atoms. The lowest BCUT2D eigenvalue weighted by molar-refractivity contribution is 0.396. The van der Waals surface area contributed by atoms with Crippen LogP contribution < -0.4 is 10.1 Å². The van der Waals surface area contributed by atoms with Gasteiger partial charge in [-0.25, -0.2) is 8.78 Å². The quantitative estimate of drug-likeness (QED) is 0.908. The van der Waals surface area contributed by atoms with Crippen molar-refractivity contribution in [1.29, 1.82) is 0 Å². The van der Waals surface area contributed by atoms with Gasteiger partial charge in [0.1, 0.15) is 0 Å². The van der Waals surface area contributed by atoms with Crippen LogP contribution in [-0.2, 0) is 0 Å².